The molecule has 0 spiro atoms. The fourth-order valence-electron chi connectivity index (χ4n) is 1.65. The zero-order valence-corrected chi connectivity index (χ0v) is 11.2. The molecule has 0 aliphatic heterocycles. The summed E-state index contributed by atoms with van der Waals surface area (Å²) in [6.45, 7) is 5.97. The second kappa shape index (κ2) is 5.27. The van der Waals surface area contributed by atoms with Gasteiger partial charge in [-0.3, -0.25) is 0 Å². The third kappa shape index (κ3) is 3.03. The van der Waals surface area contributed by atoms with Crippen LogP contribution in [-0.4, -0.2) is 33.3 Å². The van der Waals surface area contributed by atoms with Crippen LogP contribution in [0.3, 0.4) is 0 Å². The monoisotopic (exact) mass is 251 g/mol. The number of nitrogens with zero attached hydrogens (tertiary/aromatic N) is 5. The van der Waals surface area contributed by atoms with Gasteiger partial charge >= 0.3 is 0 Å². The van der Waals surface area contributed by atoms with Gasteiger partial charge in [-0.15, -0.1) is 10.2 Å². The van der Waals surface area contributed by atoms with Gasteiger partial charge in [0, 0.05) is 32.5 Å². The minimum Gasteiger partial charge on any atom is -0.350 e. The molecule has 2 heterocycles. The summed E-state index contributed by atoms with van der Waals surface area (Å²) < 4.78 is 2.17. The largest absolute Gasteiger partial charge is 0.350 e. The Morgan fingerprint density at radius 3 is 2.76 bits per heavy atom. The van der Waals surface area contributed by atoms with Gasteiger partial charge in [0.1, 0.15) is 10.8 Å². The topological polar surface area (TPSA) is 46.8 Å². The van der Waals surface area contributed by atoms with Crippen LogP contribution in [0.25, 0.3) is 0 Å². The number of hydrogen-bond donors (Lipinski definition) is 0. The highest BCUT2D eigenvalue weighted by Crippen LogP contribution is 2.17. The first-order chi connectivity index (χ1) is 8.16. The molecular formula is C11H17N5S. The summed E-state index contributed by atoms with van der Waals surface area (Å²) in [7, 11) is 2.06. The van der Waals surface area contributed by atoms with Gasteiger partial charge in [0.25, 0.3) is 0 Å². The van der Waals surface area contributed by atoms with E-state index in [4.69, 9.17) is 0 Å². The van der Waals surface area contributed by atoms with E-state index in [0.717, 1.165) is 35.5 Å². The summed E-state index contributed by atoms with van der Waals surface area (Å²) in [6.07, 6.45) is 4.93. The second-order valence-corrected chi connectivity index (χ2v) is 5.21. The zero-order valence-electron chi connectivity index (χ0n) is 10.4. The average Bonchev–Trinajstić information content (AvgIpc) is 2.88. The summed E-state index contributed by atoms with van der Waals surface area (Å²) in [4.78, 5) is 6.35. The van der Waals surface area contributed by atoms with Gasteiger partial charge in [0.15, 0.2) is 0 Å². The molecule has 0 N–H and O–H groups in total. The van der Waals surface area contributed by atoms with E-state index in [1.54, 1.807) is 11.3 Å². The highest BCUT2D eigenvalue weighted by atomic mass is 32.1. The van der Waals surface area contributed by atoms with Crippen LogP contribution in [0.2, 0.25) is 0 Å². The van der Waals surface area contributed by atoms with Crippen LogP contribution in [0.1, 0.15) is 17.3 Å². The molecule has 0 atom stereocenters. The van der Waals surface area contributed by atoms with Crippen molar-refractivity contribution in [3.05, 3.63) is 23.2 Å². The molecule has 0 aliphatic carbocycles. The van der Waals surface area contributed by atoms with Crippen LogP contribution >= 0.6 is 11.3 Å². The summed E-state index contributed by atoms with van der Waals surface area (Å²) >= 11 is 1.63. The van der Waals surface area contributed by atoms with Crippen molar-refractivity contribution in [1.82, 2.24) is 19.7 Å². The lowest BCUT2D eigenvalue weighted by Gasteiger charge is -2.15. The molecule has 0 fully saturated rings. The molecule has 17 heavy (non-hydrogen) atoms. The van der Waals surface area contributed by atoms with Crippen LogP contribution in [0.4, 0.5) is 5.13 Å². The Hall–Kier alpha value is -1.43. The van der Waals surface area contributed by atoms with Crippen molar-refractivity contribution in [3.8, 4) is 0 Å². The van der Waals surface area contributed by atoms with E-state index in [0.29, 0.717) is 0 Å². The lowest BCUT2D eigenvalue weighted by molar-refractivity contribution is 0.621. The molecule has 6 heteroatoms. The van der Waals surface area contributed by atoms with Crippen molar-refractivity contribution in [1.29, 1.82) is 0 Å². The third-order valence-electron chi connectivity index (χ3n) is 2.66. The van der Waals surface area contributed by atoms with Crippen LogP contribution in [0.15, 0.2) is 12.4 Å². The Morgan fingerprint density at radius 2 is 2.18 bits per heavy atom. The summed E-state index contributed by atoms with van der Waals surface area (Å²) in [6, 6.07) is 0. The molecule has 0 unspecified atom stereocenters. The van der Waals surface area contributed by atoms with Crippen molar-refractivity contribution in [3.63, 3.8) is 0 Å². The van der Waals surface area contributed by atoms with Gasteiger partial charge in [-0.25, -0.2) is 4.98 Å². The number of rotatable bonds is 5. The number of aromatic nitrogens is 4. The molecule has 92 valence electrons. The maximum Gasteiger partial charge on any atom is 0.208 e. The van der Waals surface area contributed by atoms with Crippen molar-refractivity contribution in [2.24, 2.45) is 0 Å². The van der Waals surface area contributed by atoms with Crippen molar-refractivity contribution in [2.75, 3.05) is 18.5 Å². The highest BCUT2D eigenvalue weighted by molar-refractivity contribution is 7.15. The zero-order chi connectivity index (χ0) is 12.3. The van der Waals surface area contributed by atoms with E-state index < -0.39 is 0 Å². The van der Waals surface area contributed by atoms with E-state index in [1.165, 1.54) is 0 Å². The van der Waals surface area contributed by atoms with Gasteiger partial charge < -0.3 is 9.47 Å². The first kappa shape index (κ1) is 12.0. The Bertz CT molecular complexity index is 476. The highest BCUT2D eigenvalue weighted by Gasteiger charge is 2.06. The summed E-state index contributed by atoms with van der Waals surface area (Å²) in [5.74, 6) is 1.07. The number of imidazole rings is 1. The van der Waals surface area contributed by atoms with Crippen molar-refractivity contribution < 1.29 is 0 Å². The van der Waals surface area contributed by atoms with Gasteiger partial charge in [-0.2, -0.15) is 0 Å². The smallest absolute Gasteiger partial charge is 0.208 e. The normalized spacial score (nSPS) is 10.8. The molecule has 2 aromatic rings. The van der Waals surface area contributed by atoms with Gasteiger partial charge in [0.05, 0.1) is 0 Å². The van der Waals surface area contributed by atoms with E-state index in [-0.39, 0.29) is 0 Å². The first-order valence-electron chi connectivity index (χ1n) is 5.66. The van der Waals surface area contributed by atoms with Crippen LogP contribution in [0.5, 0.6) is 0 Å². The molecule has 0 radical (unpaired) electrons. The number of anilines is 1. The molecule has 5 nitrogen and oxygen atoms in total. The quantitative estimate of drug-likeness (QED) is 0.814. The summed E-state index contributed by atoms with van der Waals surface area (Å²) in [5, 5.41) is 10.1. The fraction of sp³-hybridized carbons (Fsp3) is 0.545. The predicted octanol–water partition coefficient (Wildman–Crippen LogP) is 1.88. The second-order valence-electron chi connectivity index (χ2n) is 4.05. The van der Waals surface area contributed by atoms with E-state index in [1.807, 2.05) is 26.2 Å². The average molecular weight is 251 g/mol. The SMILES string of the molecule is Cc1nnc(N(C)CCCn2ccnc2C)s1. The lowest BCUT2D eigenvalue weighted by atomic mass is 10.4. The molecule has 0 aromatic carbocycles. The number of aryl methyl sites for hydroxylation is 3. The fourth-order valence-corrected chi connectivity index (χ4v) is 2.33. The van der Waals surface area contributed by atoms with Crippen molar-refractivity contribution >= 4 is 16.5 Å². The van der Waals surface area contributed by atoms with Crippen LogP contribution in [-0.2, 0) is 6.54 Å². The lowest BCUT2D eigenvalue weighted by Crippen LogP contribution is -2.19. The Labute approximate surface area is 105 Å². The van der Waals surface area contributed by atoms with E-state index in [9.17, 15) is 0 Å². The predicted molar refractivity (Wildman–Crippen MR) is 69.5 cm³/mol. The Morgan fingerprint density at radius 1 is 1.35 bits per heavy atom. The van der Waals surface area contributed by atoms with Crippen molar-refractivity contribution in [2.45, 2.75) is 26.8 Å². The van der Waals surface area contributed by atoms with E-state index >= 15 is 0 Å². The maximum atomic E-state index is 4.20. The summed E-state index contributed by atoms with van der Waals surface area (Å²) in [5.41, 5.74) is 0. The maximum absolute atomic E-state index is 4.20. The number of hydrogen-bond acceptors (Lipinski definition) is 5. The van der Waals surface area contributed by atoms with E-state index in [2.05, 4.69) is 31.7 Å². The molecular weight excluding hydrogens is 234 g/mol. The minimum atomic E-state index is 0.978. The molecule has 2 rings (SSSR count). The molecule has 0 bridgehead atoms. The van der Waals surface area contributed by atoms with Gasteiger partial charge in [-0.05, 0) is 20.3 Å². The Balaban J connectivity index is 1.81. The molecule has 0 saturated heterocycles. The first-order valence-corrected chi connectivity index (χ1v) is 6.47. The standard InChI is InChI=1S/C11H17N5S/c1-9-12-5-8-16(9)7-4-6-15(3)11-14-13-10(2)17-11/h5,8H,4,6-7H2,1-3H3. The Kier molecular flexibility index (Phi) is 3.73. The van der Waals surface area contributed by atoms with Crippen LogP contribution < -0.4 is 4.90 Å². The third-order valence-corrected chi connectivity index (χ3v) is 3.61. The molecule has 0 amide bonds. The minimum absolute atomic E-state index is 0.978. The molecule has 0 aliphatic rings. The van der Waals surface area contributed by atoms with Crippen LogP contribution in [0, 0.1) is 13.8 Å². The molecule has 0 saturated carbocycles. The molecule has 2 aromatic heterocycles. The van der Waals surface area contributed by atoms with Gasteiger partial charge in [-0.1, -0.05) is 11.3 Å². The van der Waals surface area contributed by atoms with Gasteiger partial charge in [0.2, 0.25) is 5.13 Å².